The number of amides is 1. The summed E-state index contributed by atoms with van der Waals surface area (Å²) in [5.41, 5.74) is 1.80. The SMILES string of the molecule is COC(=O)Nc1cccc(NC2CCC(C)CC2C)c1. The Bertz CT molecular complexity index is 462. The van der Waals surface area contributed by atoms with Gasteiger partial charge in [-0.25, -0.2) is 4.79 Å². The van der Waals surface area contributed by atoms with Crippen molar-refractivity contribution in [2.24, 2.45) is 11.8 Å². The number of carbonyl (C=O) groups is 1. The van der Waals surface area contributed by atoms with E-state index in [1.165, 1.54) is 26.4 Å². The maximum Gasteiger partial charge on any atom is 0.411 e. The van der Waals surface area contributed by atoms with Gasteiger partial charge in [-0.05, 0) is 49.3 Å². The van der Waals surface area contributed by atoms with E-state index in [0.29, 0.717) is 12.0 Å². The maximum atomic E-state index is 11.2. The number of methoxy groups -OCH3 is 1. The summed E-state index contributed by atoms with van der Waals surface area (Å²) in [5.74, 6) is 1.51. The lowest BCUT2D eigenvalue weighted by molar-refractivity contribution is 0.187. The van der Waals surface area contributed by atoms with Crippen LogP contribution in [0, 0.1) is 11.8 Å². The van der Waals surface area contributed by atoms with Gasteiger partial charge in [-0.1, -0.05) is 19.9 Å². The monoisotopic (exact) mass is 276 g/mol. The lowest BCUT2D eigenvalue weighted by atomic mass is 9.80. The van der Waals surface area contributed by atoms with Crippen LogP contribution in [0.5, 0.6) is 0 Å². The summed E-state index contributed by atoms with van der Waals surface area (Å²) >= 11 is 0. The van der Waals surface area contributed by atoms with Gasteiger partial charge in [-0.3, -0.25) is 5.32 Å². The van der Waals surface area contributed by atoms with Gasteiger partial charge in [0, 0.05) is 17.4 Å². The fourth-order valence-electron chi connectivity index (χ4n) is 2.95. The fraction of sp³-hybridized carbons (Fsp3) is 0.562. The van der Waals surface area contributed by atoms with Crippen molar-refractivity contribution in [3.63, 3.8) is 0 Å². The zero-order valence-electron chi connectivity index (χ0n) is 12.5. The van der Waals surface area contributed by atoms with E-state index in [0.717, 1.165) is 17.3 Å². The van der Waals surface area contributed by atoms with E-state index in [9.17, 15) is 4.79 Å². The van der Waals surface area contributed by atoms with Crippen LogP contribution < -0.4 is 10.6 Å². The van der Waals surface area contributed by atoms with Gasteiger partial charge in [-0.15, -0.1) is 0 Å². The predicted octanol–water partition coefficient (Wildman–Crippen LogP) is 4.10. The number of hydrogen-bond acceptors (Lipinski definition) is 3. The Morgan fingerprint density at radius 1 is 1.25 bits per heavy atom. The van der Waals surface area contributed by atoms with Crippen molar-refractivity contribution in [2.75, 3.05) is 17.7 Å². The van der Waals surface area contributed by atoms with Crippen LogP contribution in [-0.4, -0.2) is 19.2 Å². The molecule has 0 heterocycles. The van der Waals surface area contributed by atoms with Gasteiger partial charge in [0.05, 0.1) is 7.11 Å². The third-order valence-electron chi connectivity index (χ3n) is 4.08. The maximum absolute atomic E-state index is 11.2. The van der Waals surface area contributed by atoms with Gasteiger partial charge in [0.25, 0.3) is 0 Å². The Kier molecular flexibility index (Phi) is 4.88. The molecular weight excluding hydrogens is 252 g/mol. The van der Waals surface area contributed by atoms with Crippen LogP contribution in [0.3, 0.4) is 0 Å². The molecule has 2 rings (SSSR count). The summed E-state index contributed by atoms with van der Waals surface area (Å²) in [5, 5.41) is 6.28. The summed E-state index contributed by atoms with van der Waals surface area (Å²) in [4.78, 5) is 11.2. The first-order valence-corrected chi connectivity index (χ1v) is 7.30. The number of nitrogens with one attached hydrogen (secondary N) is 2. The first kappa shape index (κ1) is 14.7. The van der Waals surface area contributed by atoms with E-state index in [2.05, 4.69) is 29.2 Å². The predicted molar refractivity (Wildman–Crippen MR) is 82.1 cm³/mol. The zero-order valence-corrected chi connectivity index (χ0v) is 12.5. The van der Waals surface area contributed by atoms with E-state index in [1.54, 1.807) is 0 Å². The number of hydrogen-bond donors (Lipinski definition) is 2. The van der Waals surface area contributed by atoms with Gasteiger partial charge >= 0.3 is 6.09 Å². The second-order valence-corrected chi connectivity index (χ2v) is 5.84. The molecule has 1 amide bonds. The molecule has 1 aromatic rings. The highest BCUT2D eigenvalue weighted by molar-refractivity contribution is 5.85. The lowest BCUT2D eigenvalue weighted by Crippen LogP contribution is -2.33. The van der Waals surface area contributed by atoms with Crippen molar-refractivity contribution in [2.45, 2.75) is 39.2 Å². The molecule has 0 spiro atoms. The van der Waals surface area contributed by atoms with E-state index < -0.39 is 6.09 Å². The van der Waals surface area contributed by atoms with Gasteiger partial charge in [0.15, 0.2) is 0 Å². The van der Waals surface area contributed by atoms with E-state index in [-0.39, 0.29) is 0 Å². The molecule has 1 aromatic carbocycles. The third-order valence-corrected chi connectivity index (χ3v) is 4.08. The summed E-state index contributed by atoms with van der Waals surface area (Å²) in [6.45, 7) is 4.64. The molecule has 0 radical (unpaired) electrons. The van der Waals surface area contributed by atoms with Crippen LogP contribution in [0.25, 0.3) is 0 Å². The topological polar surface area (TPSA) is 50.4 Å². The third kappa shape index (κ3) is 3.89. The molecule has 0 aliphatic heterocycles. The molecule has 3 unspecified atom stereocenters. The van der Waals surface area contributed by atoms with Crippen molar-refractivity contribution in [1.29, 1.82) is 0 Å². The molecule has 4 heteroatoms. The van der Waals surface area contributed by atoms with Crippen molar-refractivity contribution < 1.29 is 9.53 Å². The number of ether oxygens (including phenoxy) is 1. The Labute approximate surface area is 120 Å². The molecule has 110 valence electrons. The quantitative estimate of drug-likeness (QED) is 0.873. The molecule has 20 heavy (non-hydrogen) atoms. The first-order chi connectivity index (χ1) is 9.58. The average Bonchev–Trinajstić information content (AvgIpc) is 2.42. The largest absolute Gasteiger partial charge is 0.453 e. The number of benzene rings is 1. The van der Waals surface area contributed by atoms with Crippen LogP contribution in [0.4, 0.5) is 16.2 Å². The smallest absolute Gasteiger partial charge is 0.411 e. The molecule has 1 saturated carbocycles. The van der Waals surface area contributed by atoms with Crippen LogP contribution in [-0.2, 0) is 4.74 Å². The molecule has 4 nitrogen and oxygen atoms in total. The molecule has 0 saturated heterocycles. The number of carbonyl (C=O) groups excluding carboxylic acids is 1. The van der Waals surface area contributed by atoms with Crippen LogP contribution in [0.1, 0.15) is 33.1 Å². The van der Waals surface area contributed by atoms with Gasteiger partial charge in [0.2, 0.25) is 0 Å². The van der Waals surface area contributed by atoms with E-state index in [1.807, 2.05) is 24.3 Å². The van der Waals surface area contributed by atoms with Crippen molar-refractivity contribution in [1.82, 2.24) is 0 Å². The van der Waals surface area contributed by atoms with Crippen molar-refractivity contribution in [3.8, 4) is 0 Å². The summed E-state index contributed by atoms with van der Waals surface area (Å²) in [7, 11) is 1.36. The highest BCUT2D eigenvalue weighted by atomic mass is 16.5. The molecular formula is C16H24N2O2. The van der Waals surface area contributed by atoms with E-state index >= 15 is 0 Å². The Balaban J connectivity index is 1.99. The van der Waals surface area contributed by atoms with Gasteiger partial charge in [0.1, 0.15) is 0 Å². The summed E-state index contributed by atoms with van der Waals surface area (Å²) in [6.07, 6.45) is 3.32. The highest BCUT2D eigenvalue weighted by Gasteiger charge is 2.25. The van der Waals surface area contributed by atoms with Crippen LogP contribution in [0.2, 0.25) is 0 Å². The summed E-state index contributed by atoms with van der Waals surface area (Å²) < 4.78 is 4.60. The normalized spacial score (nSPS) is 25.9. The average molecular weight is 276 g/mol. The fourth-order valence-corrected chi connectivity index (χ4v) is 2.95. The zero-order chi connectivity index (χ0) is 14.5. The molecule has 3 atom stereocenters. The Morgan fingerprint density at radius 2 is 2.00 bits per heavy atom. The Hall–Kier alpha value is -1.71. The highest BCUT2D eigenvalue weighted by Crippen LogP contribution is 2.31. The van der Waals surface area contributed by atoms with Gasteiger partial charge < -0.3 is 10.1 Å². The van der Waals surface area contributed by atoms with Crippen LogP contribution >= 0.6 is 0 Å². The Morgan fingerprint density at radius 3 is 2.70 bits per heavy atom. The molecule has 1 aliphatic carbocycles. The number of rotatable bonds is 3. The molecule has 2 N–H and O–H groups in total. The second-order valence-electron chi connectivity index (χ2n) is 5.84. The standard InChI is InChI=1S/C16H24N2O2/c1-11-7-8-15(12(2)9-11)17-13-5-4-6-14(10-13)18-16(19)20-3/h4-6,10-12,15,17H,7-9H2,1-3H3,(H,18,19). The van der Waals surface area contributed by atoms with Crippen molar-refractivity contribution in [3.05, 3.63) is 24.3 Å². The van der Waals surface area contributed by atoms with E-state index in [4.69, 9.17) is 0 Å². The molecule has 1 aliphatic rings. The van der Waals surface area contributed by atoms with Gasteiger partial charge in [-0.2, -0.15) is 0 Å². The molecule has 0 bridgehead atoms. The lowest BCUT2D eigenvalue weighted by Gasteiger charge is -2.33. The summed E-state index contributed by atoms with van der Waals surface area (Å²) in [6, 6.07) is 8.28. The van der Waals surface area contributed by atoms with Crippen molar-refractivity contribution >= 4 is 17.5 Å². The molecule has 1 fully saturated rings. The number of anilines is 2. The minimum Gasteiger partial charge on any atom is -0.453 e. The first-order valence-electron chi connectivity index (χ1n) is 7.30. The second kappa shape index (κ2) is 6.64. The van der Waals surface area contributed by atoms with Crippen LogP contribution in [0.15, 0.2) is 24.3 Å². The molecule has 0 aromatic heterocycles. The minimum atomic E-state index is -0.443. The minimum absolute atomic E-state index is 0.443.